The quantitative estimate of drug-likeness (QED) is 0.689. The van der Waals surface area contributed by atoms with E-state index in [1.54, 1.807) is 0 Å². The molecule has 2 fully saturated rings. The van der Waals surface area contributed by atoms with Crippen LogP contribution < -0.4 is 0 Å². The highest BCUT2D eigenvalue weighted by molar-refractivity contribution is 5.73. The Kier molecular flexibility index (Phi) is 3.59. The topological polar surface area (TPSA) is 43.5 Å². The average Bonchev–Trinajstić information content (AvgIpc) is 2.30. The number of carbonyl (C=O) groups excluding carboxylic acids is 1. The molecule has 1 unspecified atom stereocenters. The molecule has 1 radical (unpaired) electrons. The van der Waals surface area contributed by atoms with Crippen molar-refractivity contribution in [1.29, 1.82) is 0 Å². The van der Waals surface area contributed by atoms with Crippen LogP contribution in [0.5, 0.6) is 0 Å². The molecule has 2 aliphatic rings. The highest BCUT2D eigenvalue weighted by Crippen LogP contribution is 2.22. The van der Waals surface area contributed by atoms with E-state index >= 15 is 0 Å². The lowest BCUT2D eigenvalue weighted by Crippen LogP contribution is -2.55. The summed E-state index contributed by atoms with van der Waals surface area (Å²) < 4.78 is 0. The summed E-state index contributed by atoms with van der Waals surface area (Å²) in [6.45, 7) is 2.92. The van der Waals surface area contributed by atoms with E-state index in [-0.39, 0.29) is 6.04 Å². The van der Waals surface area contributed by atoms with Gasteiger partial charge in [-0.25, -0.2) is 19.9 Å². The van der Waals surface area contributed by atoms with Crippen LogP contribution >= 0.6 is 0 Å². The first-order valence-corrected chi connectivity index (χ1v) is 6.01. The smallest absolute Gasteiger partial charge is 0.246 e. The lowest BCUT2D eigenvalue weighted by Gasteiger charge is -2.42. The maximum Gasteiger partial charge on any atom is 0.373 e. The zero-order valence-electron chi connectivity index (χ0n) is 9.15. The molecule has 0 bridgehead atoms. The van der Waals surface area contributed by atoms with Gasteiger partial charge in [0.2, 0.25) is 0 Å². The number of carbonyl (C=O) groups is 1. The highest BCUT2D eigenvalue weighted by atomic mass is 16.4. The fourth-order valence-electron chi connectivity index (χ4n) is 2.63. The van der Waals surface area contributed by atoms with Gasteiger partial charge in [0.25, 0.3) is 0 Å². The number of hydrogen-bond acceptors (Lipinski definition) is 3. The van der Waals surface area contributed by atoms with Crippen LogP contribution in [0.3, 0.4) is 0 Å². The van der Waals surface area contributed by atoms with Crippen LogP contribution in [0.4, 0.5) is 0 Å². The number of hydrogen-bond donors (Lipinski definition) is 0. The van der Waals surface area contributed by atoms with Gasteiger partial charge in [-0.2, -0.15) is 0 Å². The molecule has 0 saturated carbocycles. The van der Waals surface area contributed by atoms with Gasteiger partial charge in [0.1, 0.15) is 6.04 Å². The monoisotopic (exact) mass is 211 g/mol. The lowest BCUT2D eigenvalue weighted by molar-refractivity contribution is -0.165. The predicted octanol–water partition coefficient (Wildman–Crippen LogP) is 1.20. The second-order valence-electron chi connectivity index (χ2n) is 4.51. The number of hydrazine groups is 1. The zero-order chi connectivity index (χ0) is 10.7. The second kappa shape index (κ2) is 4.94. The van der Waals surface area contributed by atoms with Gasteiger partial charge in [-0.15, -0.1) is 0 Å². The van der Waals surface area contributed by atoms with Crippen molar-refractivity contribution in [1.82, 2.24) is 10.0 Å². The molecule has 2 rings (SSSR count). The Hall–Kier alpha value is -0.610. The Bertz CT molecular complexity index is 227. The second-order valence-corrected chi connectivity index (χ2v) is 4.51. The molecule has 2 heterocycles. The van der Waals surface area contributed by atoms with Gasteiger partial charge in [0.15, 0.2) is 0 Å². The number of piperidine rings is 2. The molecule has 4 heteroatoms. The summed E-state index contributed by atoms with van der Waals surface area (Å²) in [7, 11) is 0. The summed E-state index contributed by atoms with van der Waals surface area (Å²) in [5.41, 5.74) is 0. The van der Waals surface area contributed by atoms with E-state index in [4.69, 9.17) is 0 Å². The predicted molar refractivity (Wildman–Crippen MR) is 55.5 cm³/mol. The third kappa shape index (κ3) is 2.49. The van der Waals surface area contributed by atoms with E-state index in [0.29, 0.717) is 0 Å². The minimum absolute atomic E-state index is 0.378. The molecule has 0 spiro atoms. The molecular formula is C11H19N2O2. The normalized spacial score (nSPS) is 30.3. The molecule has 2 saturated heterocycles. The molecule has 4 nitrogen and oxygen atoms in total. The molecule has 0 aromatic rings. The van der Waals surface area contributed by atoms with Crippen molar-refractivity contribution in [2.24, 2.45) is 0 Å². The molecule has 1 atom stereocenters. The molecule has 0 amide bonds. The standard InChI is InChI=1S/C11H19N2O2/c14-11(15)10-6-2-5-9-13(10)12-7-3-1-4-8-12/h10H,1-9H2. The molecular weight excluding hydrogens is 192 g/mol. The van der Waals surface area contributed by atoms with Crippen LogP contribution in [0.15, 0.2) is 0 Å². The van der Waals surface area contributed by atoms with E-state index < -0.39 is 5.97 Å². The number of nitrogens with zero attached hydrogens (tertiary/aromatic N) is 2. The van der Waals surface area contributed by atoms with Crippen molar-refractivity contribution >= 4 is 5.97 Å². The number of rotatable bonds is 2. The third-order valence-corrected chi connectivity index (χ3v) is 3.44. The molecule has 0 aromatic heterocycles. The summed E-state index contributed by atoms with van der Waals surface area (Å²) in [4.78, 5) is 11.0. The molecule has 2 aliphatic heterocycles. The Balaban J connectivity index is 1.99. The van der Waals surface area contributed by atoms with Gasteiger partial charge >= 0.3 is 5.97 Å². The first-order chi connectivity index (χ1) is 7.29. The van der Waals surface area contributed by atoms with E-state index in [1.807, 2.05) is 5.01 Å². The van der Waals surface area contributed by atoms with Gasteiger partial charge in [-0.05, 0) is 32.1 Å². The van der Waals surface area contributed by atoms with Gasteiger partial charge in [-0.3, -0.25) is 0 Å². The minimum atomic E-state index is -0.903. The summed E-state index contributed by atoms with van der Waals surface area (Å²) in [5.74, 6) is -0.903. The SMILES string of the molecule is [O]C(=O)C1CCCCN1N1CCCCC1. The highest BCUT2D eigenvalue weighted by Gasteiger charge is 2.33. The van der Waals surface area contributed by atoms with Gasteiger partial charge in [0, 0.05) is 19.6 Å². The van der Waals surface area contributed by atoms with Crippen molar-refractivity contribution in [3.63, 3.8) is 0 Å². The van der Waals surface area contributed by atoms with Crippen molar-refractivity contribution in [3.05, 3.63) is 0 Å². The summed E-state index contributed by atoms with van der Waals surface area (Å²) in [5, 5.41) is 15.3. The van der Waals surface area contributed by atoms with Gasteiger partial charge in [0.05, 0.1) is 0 Å². The first-order valence-electron chi connectivity index (χ1n) is 6.01. The van der Waals surface area contributed by atoms with Gasteiger partial charge < -0.3 is 0 Å². The maximum absolute atomic E-state index is 11.0. The average molecular weight is 211 g/mol. The van der Waals surface area contributed by atoms with Crippen LogP contribution in [0.2, 0.25) is 0 Å². The van der Waals surface area contributed by atoms with Crippen LogP contribution in [0, 0.1) is 0 Å². The van der Waals surface area contributed by atoms with Crippen LogP contribution in [-0.2, 0) is 9.90 Å². The fraction of sp³-hybridized carbons (Fsp3) is 0.909. The summed E-state index contributed by atoms with van der Waals surface area (Å²) in [6, 6.07) is -0.378. The Morgan fingerprint density at radius 1 is 0.933 bits per heavy atom. The first kappa shape index (κ1) is 10.9. The van der Waals surface area contributed by atoms with E-state index in [9.17, 15) is 9.90 Å². The Morgan fingerprint density at radius 2 is 1.60 bits per heavy atom. The molecule has 15 heavy (non-hydrogen) atoms. The molecule has 0 N–H and O–H groups in total. The van der Waals surface area contributed by atoms with Crippen LogP contribution in [0.1, 0.15) is 38.5 Å². The van der Waals surface area contributed by atoms with Crippen molar-refractivity contribution in [3.8, 4) is 0 Å². The zero-order valence-corrected chi connectivity index (χ0v) is 9.15. The Morgan fingerprint density at radius 3 is 2.27 bits per heavy atom. The minimum Gasteiger partial charge on any atom is -0.246 e. The van der Waals surface area contributed by atoms with Crippen molar-refractivity contribution < 1.29 is 9.90 Å². The molecule has 0 aromatic carbocycles. The largest absolute Gasteiger partial charge is 0.373 e. The maximum atomic E-state index is 11.0. The van der Waals surface area contributed by atoms with E-state index in [0.717, 1.165) is 38.9 Å². The lowest BCUT2D eigenvalue weighted by atomic mass is 10.0. The van der Waals surface area contributed by atoms with Gasteiger partial charge in [-0.1, -0.05) is 6.42 Å². The van der Waals surface area contributed by atoms with E-state index in [2.05, 4.69) is 5.01 Å². The molecule has 0 aliphatic carbocycles. The van der Waals surface area contributed by atoms with Crippen LogP contribution in [0.25, 0.3) is 0 Å². The Labute approximate surface area is 90.8 Å². The molecule has 85 valence electrons. The van der Waals surface area contributed by atoms with E-state index in [1.165, 1.54) is 19.3 Å². The van der Waals surface area contributed by atoms with Crippen molar-refractivity contribution in [2.45, 2.75) is 44.6 Å². The van der Waals surface area contributed by atoms with Crippen molar-refractivity contribution in [2.75, 3.05) is 19.6 Å². The fourth-order valence-corrected chi connectivity index (χ4v) is 2.63. The third-order valence-electron chi connectivity index (χ3n) is 3.44. The summed E-state index contributed by atoms with van der Waals surface area (Å²) in [6.07, 6.45) is 6.54. The summed E-state index contributed by atoms with van der Waals surface area (Å²) >= 11 is 0. The van der Waals surface area contributed by atoms with Crippen LogP contribution in [-0.4, -0.2) is 41.7 Å².